The van der Waals surface area contributed by atoms with E-state index in [-0.39, 0.29) is 12.5 Å². The summed E-state index contributed by atoms with van der Waals surface area (Å²) in [5, 5.41) is 2.91. The maximum atomic E-state index is 12.6. The molecule has 1 heterocycles. The van der Waals surface area contributed by atoms with E-state index >= 15 is 0 Å². The Bertz CT molecular complexity index is 788. The fraction of sp³-hybridized carbons (Fsp3) is 0.350. The van der Waals surface area contributed by atoms with Crippen LogP contribution in [0.15, 0.2) is 48.5 Å². The van der Waals surface area contributed by atoms with Crippen LogP contribution in [0, 0.1) is 0 Å². The van der Waals surface area contributed by atoms with Crippen molar-refractivity contribution in [2.45, 2.75) is 12.8 Å². The van der Waals surface area contributed by atoms with Gasteiger partial charge in [-0.25, -0.2) is 0 Å². The molecule has 0 aromatic heterocycles. The number of nitrogens with one attached hydrogen (secondary N) is 1. The summed E-state index contributed by atoms with van der Waals surface area (Å²) in [5.74, 6) is -0.288. The number of benzene rings is 2. The lowest BCUT2D eigenvalue weighted by atomic mass is 10.1. The van der Waals surface area contributed by atoms with Crippen molar-refractivity contribution >= 4 is 17.3 Å². The largest absolute Gasteiger partial charge is 0.411 e. The number of alkyl halides is 3. The number of carbonyl (C=O) groups is 1. The van der Waals surface area contributed by atoms with Crippen LogP contribution in [-0.4, -0.2) is 45.0 Å². The summed E-state index contributed by atoms with van der Waals surface area (Å²) in [6.07, 6.45) is -4.35. The van der Waals surface area contributed by atoms with E-state index in [1.165, 1.54) is 0 Å². The summed E-state index contributed by atoms with van der Waals surface area (Å²) in [6.45, 7) is 1.31. The maximum absolute atomic E-state index is 12.6. The molecule has 1 fully saturated rings. The second-order valence-electron chi connectivity index (χ2n) is 6.38. The number of halogens is 3. The fourth-order valence-corrected chi connectivity index (χ4v) is 2.89. The first-order valence-corrected chi connectivity index (χ1v) is 8.89. The van der Waals surface area contributed by atoms with Gasteiger partial charge < -0.3 is 19.7 Å². The van der Waals surface area contributed by atoms with Crippen LogP contribution in [0.25, 0.3) is 0 Å². The normalized spacial score (nSPS) is 14.8. The van der Waals surface area contributed by atoms with E-state index in [9.17, 15) is 18.0 Å². The second-order valence-corrected chi connectivity index (χ2v) is 6.38. The van der Waals surface area contributed by atoms with Crippen LogP contribution in [0.2, 0.25) is 0 Å². The molecule has 0 atom stereocenters. The van der Waals surface area contributed by atoms with Crippen molar-refractivity contribution in [1.82, 2.24) is 0 Å². The summed E-state index contributed by atoms with van der Waals surface area (Å²) in [7, 11) is 0. The van der Waals surface area contributed by atoms with Crippen LogP contribution in [0.5, 0.6) is 0 Å². The van der Waals surface area contributed by atoms with Crippen LogP contribution in [0.1, 0.15) is 15.9 Å². The third-order valence-corrected chi connectivity index (χ3v) is 4.25. The third kappa shape index (κ3) is 5.71. The Hall–Kier alpha value is -2.58. The van der Waals surface area contributed by atoms with Gasteiger partial charge in [-0.3, -0.25) is 4.79 Å². The Morgan fingerprint density at radius 1 is 1.07 bits per heavy atom. The van der Waals surface area contributed by atoms with Gasteiger partial charge in [-0.15, -0.1) is 0 Å². The number of carbonyl (C=O) groups excluding carboxylic acids is 1. The Morgan fingerprint density at radius 3 is 2.43 bits per heavy atom. The molecule has 2 aromatic carbocycles. The molecule has 0 unspecified atom stereocenters. The highest BCUT2D eigenvalue weighted by Crippen LogP contribution is 2.27. The summed E-state index contributed by atoms with van der Waals surface area (Å²) >= 11 is 0. The number of hydrogen-bond donors (Lipinski definition) is 1. The number of nitrogens with zero attached hydrogens (tertiary/aromatic N) is 1. The Kier molecular flexibility index (Phi) is 6.53. The van der Waals surface area contributed by atoms with E-state index in [4.69, 9.17) is 4.74 Å². The molecule has 1 saturated heterocycles. The SMILES string of the molecule is O=C(Nc1ccccc1N1CCOCC1)c1ccc(COCC(F)(F)F)cc1. The quantitative estimate of drug-likeness (QED) is 0.809. The van der Waals surface area contributed by atoms with Crippen LogP contribution >= 0.6 is 0 Å². The zero-order valence-corrected chi connectivity index (χ0v) is 15.2. The summed E-state index contributed by atoms with van der Waals surface area (Å²) < 4.78 is 46.3. The Balaban J connectivity index is 1.62. The van der Waals surface area contributed by atoms with Crippen molar-refractivity contribution in [2.24, 2.45) is 0 Å². The number of morpholine rings is 1. The highest BCUT2D eigenvalue weighted by Gasteiger charge is 2.27. The highest BCUT2D eigenvalue weighted by molar-refractivity contribution is 6.06. The monoisotopic (exact) mass is 394 g/mol. The average Bonchev–Trinajstić information content (AvgIpc) is 2.68. The van der Waals surface area contributed by atoms with Gasteiger partial charge in [0.15, 0.2) is 0 Å². The van der Waals surface area contributed by atoms with Gasteiger partial charge >= 0.3 is 6.18 Å². The number of anilines is 2. The van der Waals surface area contributed by atoms with E-state index in [1.54, 1.807) is 24.3 Å². The van der Waals surface area contributed by atoms with E-state index in [0.29, 0.717) is 30.0 Å². The average molecular weight is 394 g/mol. The van der Waals surface area contributed by atoms with Crippen LogP contribution in [-0.2, 0) is 16.1 Å². The summed E-state index contributed by atoms with van der Waals surface area (Å²) in [5.41, 5.74) is 2.61. The molecule has 150 valence electrons. The van der Waals surface area contributed by atoms with Crippen LogP contribution in [0.4, 0.5) is 24.5 Å². The fourth-order valence-electron chi connectivity index (χ4n) is 2.89. The van der Waals surface area contributed by atoms with E-state index in [1.807, 2.05) is 24.3 Å². The van der Waals surface area contributed by atoms with Crippen molar-refractivity contribution in [3.63, 3.8) is 0 Å². The molecule has 2 aromatic rings. The van der Waals surface area contributed by atoms with Gasteiger partial charge in [0.25, 0.3) is 5.91 Å². The van der Waals surface area contributed by atoms with Crippen molar-refractivity contribution in [3.05, 3.63) is 59.7 Å². The Morgan fingerprint density at radius 2 is 1.75 bits per heavy atom. The number of rotatable bonds is 6. The minimum atomic E-state index is -4.35. The van der Waals surface area contributed by atoms with Crippen molar-refractivity contribution in [1.29, 1.82) is 0 Å². The lowest BCUT2D eigenvalue weighted by Gasteiger charge is -2.30. The zero-order valence-electron chi connectivity index (χ0n) is 15.2. The molecule has 1 aliphatic heterocycles. The molecule has 8 heteroatoms. The minimum Gasteiger partial charge on any atom is -0.378 e. The van der Waals surface area contributed by atoms with E-state index < -0.39 is 12.8 Å². The molecule has 0 aliphatic carbocycles. The van der Waals surface area contributed by atoms with E-state index in [0.717, 1.165) is 18.8 Å². The molecule has 5 nitrogen and oxygen atoms in total. The van der Waals surface area contributed by atoms with Crippen LogP contribution in [0.3, 0.4) is 0 Å². The third-order valence-electron chi connectivity index (χ3n) is 4.25. The van der Waals surface area contributed by atoms with Gasteiger partial charge in [-0.2, -0.15) is 13.2 Å². The van der Waals surface area contributed by atoms with Gasteiger partial charge in [-0.05, 0) is 29.8 Å². The van der Waals surface area contributed by atoms with Gasteiger partial charge in [-0.1, -0.05) is 24.3 Å². The Labute approximate surface area is 161 Å². The van der Waals surface area contributed by atoms with Crippen molar-refractivity contribution < 1.29 is 27.4 Å². The molecule has 0 bridgehead atoms. The molecular weight excluding hydrogens is 373 g/mol. The van der Waals surface area contributed by atoms with Gasteiger partial charge in [0, 0.05) is 18.7 Å². The molecule has 1 aliphatic rings. The first kappa shape index (κ1) is 20.2. The number of amides is 1. The first-order chi connectivity index (χ1) is 13.4. The lowest BCUT2D eigenvalue weighted by molar-refractivity contribution is -0.176. The maximum Gasteiger partial charge on any atom is 0.411 e. The number of para-hydroxylation sites is 2. The van der Waals surface area contributed by atoms with Crippen molar-refractivity contribution in [2.75, 3.05) is 43.1 Å². The highest BCUT2D eigenvalue weighted by atomic mass is 19.4. The first-order valence-electron chi connectivity index (χ1n) is 8.89. The molecule has 0 spiro atoms. The van der Waals surface area contributed by atoms with Crippen LogP contribution < -0.4 is 10.2 Å². The predicted octanol–water partition coefficient (Wildman–Crippen LogP) is 3.85. The van der Waals surface area contributed by atoms with Crippen molar-refractivity contribution in [3.8, 4) is 0 Å². The topological polar surface area (TPSA) is 50.8 Å². The molecule has 0 radical (unpaired) electrons. The summed E-state index contributed by atoms with van der Waals surface area (Å²) in [6, 6.07) is 13.8. The zero-order chi connectivity index (χ0) is 20.0. The standard InChI is InChI=1S/C20H21F3N2O3/c21-20(22,23)14-28-13-15-5-7-16(8-6-15)19(26)24-17-3-1-2-4-18(17)25-9-11-27-12-10-25/h1-8H,9-14H2,(H,24,26). The molecule has 1 N–H and O–H groups in total. The number of hydrogen-bond acceptors (Lipinski definition) is 4. The van der Waals surface area contributed by atoms with Gasteiger partial charge in [0.05, 0.1) is 31.2 Å². The van der Waals surface area contributed by atoms with Gasteiger partial charge in [0.2, 0.25) is 0 Å². The minimum absolute atomic E-state index is 0.165. The summed E-state index contributed by atoms with van der Waals surface area (Å²) in [4.78, 5) is 14.7. The molecule has 28 heavy (non-hydrogen) atoms. The van der Waals surface area contributed by atoms with Gasteiger partial charge in [0.1, 0.15) is 6.61 Å². The molecule has 0 saturated carbocycles. The molecule has 1 amide bonds. The lowest BCUT2D eigenvalue weighted by Crippen LogP contribution is -2.36. The number of ether oxygens (including phenoxy) is 2. The molecule has 3 rings (SSSR count). The predicted molar refractivity (Wildman–Crippen MR) is 99.6 cm³/mol. The smallest absolute Gasteiger partial charge is 0.378 e. The van der Waals surface area contributed by atoms with E-state index in [2.05, 4.69) is 15.0 Å². The molecular formula is C20H21F3N2O3. The second kappa shape index (κ2) is 9.07.